The molecule has 0 aromatic rings. The summed E-state index contributed by atoms with van der Waals surface area (Å²) >= 11 is 0. The lowest BCUT2D eigenvalue weighted by Crippen LogP contribution is -2.30. The van der Waals surface area contributed by atoms with Crippen molar-refractivity contribution in [1.82, 2.24) is 0 Å². The molecule has 1 atom stereocenters. The molecule has 458 valence electrons. The van der Waals surface area contributed by atoms with Crippen LogP contribution in [0.2, 0.25) is 0 Å². The van der Waals surface area contributed by atoms with Crippen molar-refractivity contribution in [1.29, 1.82) is 0 Å². The third kappa shape index (κ3) is 65.5. The Morgan fingerprint density at radius 2 is 0.494 bits per heavy atom. The summed E-state index contributed by atoms with van der Waals surface area (Å²) in [6, 6.07) is 0. The molecule has 0 radical (unpaired) electrons. The highest BCUT2D eigenvalue weighted by molar-refractivity contribution is 5.71. The van der Waals surface area contributed by atoms with E-state index in [-0.39, 0.29) is 31.1 Å². The first kappa shape index (κ1) is 75.8. The quantitative estimate of drug-likeness (QED) is 0.0261. The molecule has 79 heavy (non-hydrogen) atoms. The lowest BCUT2D eigenvalue weighted by atomic mass is 10.0. The minimum absolute atomic E-state index is 0.0854. The fourth-order valence-corrected chi connectivity index (χ4v) is 10.1. The minimum Gasteiger partial charge on any atom is -0.462 e. The Kier molecular flexibility index (Phi) is 64.7. The molecule has 0 aliphatic carbocycles. The van der Waals surface area contributed by atoms with E-state index in [2.05, 4.69) is 93.7 Å². The first-order chi connectivity index (χ1) is 39.0. The minimum atomic E-state index is -0.794. The van der Waals surface area contributed by atoms with Crippen molar-refractivity contribution in [3.05, 3.63) is 72.9 Å². The lowest BCUT2D eigenvalue weighted by molar-refractivity contribution is -0.167. The normalized spacial score (nSPS) is 12.5. The summed E-state index contributed by atoms with van der Waals surface area (Å²) in [5.74, 6) is -0.897. The van der Waals surface area contributed by atoms with Crippen molar-refractivity contribution >= 4 is 17.9 Å². The summed E-state index contributed by atoms with van der Waals surface area (Å²) in [4.78, 5) is 38.4. The van der Waals surface area contributed by atoms with Crippen molar-refractivity contribution in [2.24, 2.45) is 0 Å². The van der Waals surface area contributed by atoms with E-state index in [1.807, 2.05) is 0 Å². The van der Waals surface area contributed by atoms with Gasteiger partial charge in [-0.15, -0.1) is 0 Å². The van der Waals surface area contributed by atoms with Crippen LogP contribution < -0.4 is 0 Å². The molecule has 0 saturated heterocycles. The van der Waals surface area contributed by atoms with E-state index in [0.717, 1.165) is 96.3 Å². The van der Waals surface area contributed by atoms with Crippen molar-refractivity contribution in [2.75, 3.05) is 13.2 Å². The predicted molar refractivity (Wildman–Crippen MR) is 344 cm³/mol. The van der Waals surface area contributed by atoms with Gasteiger partial charge in [-0.3, -0.25) is 14.4 Å². The number of hydrogen-bond acceptors (Lipinski definition) is 6. The Morgan fingerprint density at radius 1 is 0.266 bits per heavy atom. The summed E-state index contributed by atoms with van der Waals surface area (Å²) in [7, 11) is 0. The summed E-state index contributed by atoms with van der Waals surface area (Å²) in [6.45, 7) is 6.56. The third-order valence-corrected chi connectivity index (χ3v) is 15.2. The van der Waals surface area contributed by atoms with Crippen LogP contribution in [-0.4, -0.2) is 37.2 Å². The molecule has 0 saturated carbocycles. The van der Waals surface area contributed by atoms with Crippen LogP contribution in [0.3, 0.4) is 0 Å². The Labute approximate surface area is 491 Å². The largest absolute Gasteiger partial charge is 0.462 e. The van der Waals surface area contributed by atoms with Gasteiger partial charge in [0.1, 0.15) is 13.2 Å². The molecule has 0 amide bonds. The van der Waals surface area contributed by atoms with Gasteiger partial charge in [0.2, 0.25) is 0 Å². The van der Waals surface area contributed by atoms with E-state index in [1.165, 1.54) is 218 Å². The molecule has 0 rings (SSSR count). The van der Waals surface area contributed by atoms with Gasteiger partial charge in [-0.2, -0.15) is 0 Å². The molecule has 0 spiro atoms. The SMILES string of the molecule is CC/C=C\C/C=C\C/C=C\C/C=C\C/C=C\CCCCCC(=O)O[C@H](COC(=O)CCCCCCCCCCCCC/C=C\CCCCCCCC)COC(=O)CCCCCCCCCCCCCCCCCCCCCCC. The fourth-order valence-electron chi connectivity index (χ4n) is 10.1. The number of carbonyl (C=O) groups is 3. The zero-order chi connectivity index (χ0) is 57.1. The number of allylic oxidation sites excluding steroid dienone is 12. The number of esters is 3. The summed E-state index contributed by atoms with van der Waals surface area (Å²) in [5.41, 5.74) is 0. The first-order valence-corrected chi connectivity index (χ1v) is 34.4. The fraction of sp³-hybridized carbons (Fsp3) is 0.795. The van der Waals surface area contributed by atoms with Crippen molar-refractivity contribution in [3.63, 3.8) is 0 Å². The smallest absolute Gasteiger partial charge is 0.306 e. The molecule has 0 aromatic carbocycles. The van der Waals surface area contributed by atoms with E-state index in [0.29, 0.717) is 19.3 Å². The molecule has 0 fully saturated rings. The van der Waals surface area contributed by atoms with Gasteiger partial charge in [0.05, 0.1) is 0 Å². The number of rotatable bonds is 63. The van der Waals surface area contributed by atoms with Gasteiger partial charge < -0.3 is 14.2 Å². The molecule has 0 aliphatic heterocycles. The second kappa shape index (κ2) is 67.4. The Hall–Kier alpha value is -3.15. The van der Waals surface area contributed by atoms with Crippen LogP contribution in [0.25, 0.3) is 0 Å². The number of hydrogen-bond donors (Lipinski definition) is 0. The molecule has 0 unspecified atom stereocenters. The maximum absolute atomic E-state index is 12.9. The predicted octanol–water partition coefficient (Wildman–Crippen LogP) is 23.7. The molecular formula is C73H130O6. The molecule has 0 aromatic heterocycles. The van der Waals surface area contributed by atoms with Gasteiger partial charge in [-0.05, 0) is 89.9 Å². The van der Waals surface area contributed by atoms with E-state index in [4.69, 9.17) is 14.2 Å². The van der Waals surface area contributed by atoms with Crippen LogP contribution in [0.15, 0.2) is 72.9 Å². The Morgan fingerprint density at radius 3 is 0.797 bits per heavy atom. The van der Waals surface area contributed by atoms with E-state index in [1.54, 1.807) is 0 Å². The highest BCUT2D eigenvalue weighted by atomic mass is 16.6. The van der Waals surface area contributed by atoms with E-state index < -0.39 is 6.10 Å². The molecule has 0 N–H and O–H groups in total. The summed E-state index contributed by atoms with van der Waals surface area (Å²) in [5, 5.41) is 0. The second-order valence-electron chi connectivity index (χ2n) is 23.1. The average Bonchev–Trinajstić information content (AvgIpc) is 3.45. The van der Waals surface area contributed by atoms with Crippen molar-refractivity contribution < 1.29 is 28.6 Å². The molecule has 0 bridgehead atoms. The molecule has 6 heteroatoms. The Balaban J connectivity index is 4.38. The maximum atomic E-state index is 12.9. The number of ether oxygens (including phenoxy) is 3. The monoisotopic (exact) mass is 1100 g/mol. The van der Waals surface area contributed by atoms with Crippen LogP contribution in [-0.2, 0) is 28.6 Å². The third-order valence-electron chi connectivity index (χ3n) is 15.2. The van der Waals surface area contributed by atoms with Gasteiger partial charge in [-0.1, -0.05) is 318 Å². The highest BCUT2D eigenvalue weighted by Gasteiger charge is 2.19. The second-order valence-corrected chi connectivity index (χ2v) is 23.1. The van der Waals surface area contributed by atoms with Crippen molar-refractivity contribution in [3.8, 4) is 0 Å². The van der Waals surface area contributed by atoms with Crippen LogP contribution in [0.1, 0.15) is 355 Å². The molecule has 6 nitrogen and oxygen atoms in total. The van der Waals surface area contributed by atoms with Gasteiger partial charge in [-0.25, -0.2) is 0 Å². The standard InChI is InChI=1S/C73H130O6/c1-4-7-10-13-16-19-22-25-28-31-34-36-39-41-44-47-50-53-56-59-62-65-71(74)77-68-70(79-73(76)67-64-61-58-55-52-49-46-43-38-33-30-27-24-21-18-15-12-9-6-3)69-78-72(75)66-63-60-57-54-51-48-45-42-40-37-35-32-29-26-23-20-17-14-11-8-5-2/h9,12,18,21,25,27-28,30,38,43,49,52,70H,4-8,10-11,13-17,19-20,22-24,26,29,31-37,39-42,44-48,50-51,53-69H2,1-3H3/b12-9-,21-18-,28-25-,30-27-,43-38-,52-49-/t70-/m1/s1. The van der Waals surface area contributed by atoms with Gasteiger partial charge in [0, 0.05) is 19.3 Å². The van der Waals surface area contributed by atoms with Crippen LogP contribution in [0.4, 0.5) is 0 Å². The molecule has 0 aliphatic rings. The zero-order valence-corrected chi connectivity index (χ0v) is 52.6. The summed E-state index contributed by atoms with van der Waals surface area (Å²) in [6.07, 6.45) is 87.8. The van der Waals surface area contributed by atoms with Crippen LogP contribution in [0.5, 0.6) is 0 Å². The topological polar surface area (TPSA) is 78.9 Å². The van der Waals surface area contributed by atoms with E-state index >= 15 is 0 Å². The lowest BCUT2D eigenvalue weighted by Gasteiger charge is -2.18. The van der Waals surface area contributed by atoms with Crippen LogP contribution >= 0.6 is 0 Å². The van der Waals surface area contributed by atoms with Crippen molar-refractivity contribution in [2.45, 2.75) is 361 Å². The molecule has 0 heterocycles. The number of unbranched alkanes of at least 4 members (excludes halogenated alkanes) is 40. The number of carbonyl (C=O) groups excluding carboxylic acids is 3. The first-order valence-electron chi connectivity index (χ1n) is 34.4. The molecular weight excluding hydrogens is 973 g/mol. The maximum Gasteiger partial charge on any atom is 0.306 e. The Bertz CT molecular complexity index is 1450. The van der Waals surface area contributed by atoms with Gasteiger partial charge >= 0.3 is 17.9 Å². The highest BCUT2D eigenvalue weighted by Crippen LogP contribution is 2.18. The van der Waals surface area contributed by atoms with Gasteiger partial charge in [0.15, 0.2) is 6.10 Å². The zero-order valence-electron chi connectivity index (χ0n) is 52.6. The summed E-state index contributed by atoms with van der Waals surface area (Å²) < 4.78 is 17.0. The van der Waals surface area contributed by atoms with Gasteiger partial charge in [0.25, 0.3) is 0 Å². The van der Waals surface area contributed by atoms with E-state index in [9.17, 15) is 14.4 Å². The van der Waals surface area contributed by atoms with Crippen LogP contribution in [0, 0.1) is 0 Å². The average molecular weight is 1100 g/mol.